The van der Waals surface area contributed by atoms with Gasteiger partial charge in [-0.2, -0.15) is 11.8 Å². The number of thioether (sulfide) groups is 1. The summed E-state index contributed by atoms with van der Waals surface area (Å²) >= 11 is 1.57. The minimum atomic E-state index is -0.987. The minimum absolute atomic E-state index is 0.146. The first-order valence-corrected chi connectivity index (χ1v) is 13.7. The largest absolute Gasteiger partial charge is 0.444 e. The number of nitrogens with zero attached hydrogens (tertiary/aromatic N) is 1. The number of alkyl carbamates (subject to hydrolysis) is 1. The number of amides is 3. The third-order valence-electron chi connectivity index (χ3n) is 5.70. The van der Waals surface area contributed by atoms with Crippen LogP contribution in [-0.2, 0) is 14.3 Å². The summed E-state index contributed by atoms with van der Waals surface area (Å²) in [5.41, 5.74) is -0.350. The molecule has 1 rings (SSSR count). The van der Waals surface area contributed by atoms with Gasteiger partial charge in [0.05, 0.1) is 0 Å². The molecule has 0 saturated heterocycles. The summed E-state index contributed by atoms with van der Waals surface area (Å²) in [7, 11) is 0. The summed E-state index contributed by atoms with van der Waals surface area (Å²) in [5, 5.41) is 5.72. The predicted octanol–water partition coefficient (Wildman–Crippen LogP) is 4.90. The van der Waals surface area contributed by atoms with E-state index in [9.17, 15) is 14.4 Å². The lowest BCUT2D eigenvalue weighted by atomic mass is 9.90. The van der Waals surface area contributed by atoms with Gasteiger partial charge < -0.3 is 20.3 Å². The Morgan fingerprint density at radius 1 is 1.11 bits per heavy atom. The topological polar surface area (TPSA) is 87.7 Å². The van der Waals surface area contributed by atoms with Gasteiger partial charge in [-0.25, -0.2) is 4.79 Å². The van der Waals surface area contributed by atoms with Crippen LogP contribution in [0.5, 0.6) is 0 Å². The number of terminal acetylenes is 1. The molecule has 0 aliphatic carbocycles. The Bertz CT molecular complexity index is 947. The lowest BCUT2D eigenvalue weighted by molar-refractivity contribution is -0.149. The molecule has 8 heteroatoms. The maximum absolute atomic E-state index is 14.3. The fourth-order valence-corrected chi connectivity index (χ4v) is 4.16. The Kier molecular flexibility index (Phi) is 11.8. The average Bonchev–Trinajstić information content (AvgIpc) is 2.77. The van der Waals surface area contributed by atoms with Crippen LogP contribution < -0.4 is 10.6 Å². The average molecular weight is 518 g/mol. The second-order valence-electron chi connectivity index (χ2n) is 10.7. The lowest BCUT2D eigenvalue weighted by Crippen LogP contribution is -2.59. The third-order valence-corrected chi connectivity index (χ3v) is 6.35. The molecule has 0 aliphatic heterocycles. The summed E-state index contributed by atoms with van der Waals surface area (Å²) in [4.78, 5) is 42.2. The maximum atomic E-state index is 14.3. The molecular weight excluding hydrogens is 474 g/mol. The van der Waals surface area contributed by atoms with E-state index in [-0.39, 0.29) is 17.9 Å². The highest BCUT2D eigenvalue weighted by molar-refractivity contribution is 7.98. The van der Waals surface area contributed by atoms with Crippen molar-refractivity contribution >= 4 is 29.7 Å². The summed E-state index contributed by atoms with van der Waals surface area (Å²) in [6, 6.07) is 5.13. The van der Waals surface area contributed by atoms with Crippen molar-refractivity contribution in [1.82, 2.24) is 15.5 Å². The molecule has 1 aromatic rings. The van der Waals surface area contributed by atoms with E-state index in [0.717, 1.165) is 0 Å². The van der Waals surface area contributed by atoms with Crippen molar-refractivity contribution in [3.63, 3.8) is 0 Å². The normalized spacial score (nSPS) is 13.4. The Morgan fingerprint density at radius 3 is 2.22 bits per heavy atom. The number of benzene rings is 1. The number of hydrogen-bond acceptors (Lipinski definition) is 5. The van der Waals surface area contributed by atoms with Crippen molar-refractivity contribution in [2.45, 2.75) is 97.5 Å². The monoisotopic (exact) mass is 517 g/mol. The second kappa shape index (κ2) is 13.6. The van der Waals surface area contributed by atoms with E-state index in [1.165, 1.54) is 0 Å². The molecule has 2 N–H and O–H groups in total. The fourth-order valence-electron chi connectivity index (χ4n) is 3.68. The highest BCUT2D eigenvalue weighted by atomic mass is 32.2. The molecule has 0 spiro atoms. The van der Waals surface area contributed by atoms with E-state index >= 15 is 0 Å². The van der Waals surface area contributed by atoms with Crippen molar-refractivity contribution in [1.29, 1.82) is 0 Å². The van der Waals surface area contributed by atoms with Crippen molar-refractivity contribution in [3.8, 4) is 12.3 Å². The lowest BCUT2D eigenvalue weighted by Gasteiger charge is -2.45. The maximum Gasteiger partial charge on any atom is 0.408 e. The van der Waals surface area contributed by atoms with Crippen LogP contribution in [-0.4, -0.2) is 58.0 Å². The summed E-state index contributed by atoms with van der Waals surface area (Å²) < 4.78 is 5.44. The Labute approximate surface area is 221 Å². The first-order valence-electron chi connectivity index (χ1n) is 12.4. The van der Waals surface area contributed by atoms with Crippen LogP contribution in [0.1, 0.15) is 85.4 Å². The smallest absolute Gasteiger partial charge is 0.408 e. The van der Waals surface area contributed by atoms with Gasteiger partial charge in [0, 0.05) is 17.1 Å². The predicted molar refractivity (Wildman–Crippen MR) is 148 cm³/mol. The number of carbonyl (C=O) groups excluding carboxylic acids is 3. The van der Waals surface area contributed by atoms with Gasteiger partial charge >= 0.3 is 6.09 Å². The van der Waals surface area contributed by atoms with E-state index in [0.29, 0.717) is 29.7 Å². The molecule has 1 aromatic carbocycles. The molecule has 0 aromatic heterocycles. The molecule has 0 saturated carbocycles. The van der Waals surface area contributed by atoms with Crippen molar-refractivity contribution < 1.29 is 19.1 Å². The van der Waals surface area contributed by atoms with E-state index < -0.39 is 29.3 Å². The quantitative estimate of drug-likeness (QED) is 0.408. The van der Waals surface area contributed by atoms with Crippen molar-refractivity contribution in [2.24, 2.45) is 0 Å². The van der Waals surface area contributed by atoms with E-state index in [4.69, 9.17) is 11.2 Å². The van der Waals surface area contributed by atoms with Gasteiger partial charge in [-0.3, -0.25) is 9.59 Å². The van der Waals surface area contributed by atoms with Crippen LogP contribution in [0.2, 0.25) is 0 Å². The zero-order chi connectivity index (χ0) is 27.7. The fraction of sp³-hybridized carbons (Fsp3) is 0.607. The zero-order valence-corrected chi connectivity index (χ0v) is 24.0. The van der Waals surface area contributed by atoms with Gasteiger partial charge in [0.15, 0.2) is 0 Å². The van der Waals surface area contributed by atoms with Crippen LogP contribution in [0, 0.1) is 12.3 Å². The Hall–Kier alpha value is -2.66. The van der Waals surface area contributed by atoms with E-state index in [2.05, 4.69) is 16.6 Å². The van der Waals surface area contributed by atoms with Crippen LogP contribution in [0.15, 0.2) is 24.3 Å². The van der Waals surface area contributed by atoms with Gasteiger partial charge in [-0.1, -0.05) is 31.0 Å². The zero-order valence-electron chi connectivity index (χ0n) is 23.2. The highest BCUT2D eigenvalue weighted by Gasteiger charge is 2.43. The molecule has 0 heterocycles. The number of carbonyl (C=O) groups is 3. The molecule has 3 amide bonds. The summed E-state index contributed by atoms with van der Waals surface area (Å²) in [6.45, 7) is 14.8. The van der Waals surface area contributed by atoms with Crippen LogP contribution in [0.4, 0.5) is 4.79 Å². The molecule has 200 valence electrons. The highest BCUT2D eigenvalue weighted by Crippen LogP contribution is 2.34. The van der Waals surface area contributed by atoms with Crippen LogP contribution in [0.25, 0.3) is 0 Å². The first kappa shape index (κ1) is 31.4. The summed E-state index contributed by atoms with van der Waals surface area (Å²) in [5.74, 6) is 2.60. The van der Waals surface area contributed by atoms with E-state index in [1.807, 2.05) is 40.9 Å². The van der Waals surface area contributed by atoms with Crippen molar-refractivity contribution in [2.75, 3.05) is 12.0 Å². The van der Waals surface area contributed by atoms with Gasteiger partial charge in [0.2, 0.25) is 11.8 Å². The standard InChI is InChI=1S/C28H43N3O4S/c1-11-20-15-13-14-16-21(20)23(24(32)29-19(3)4)31(28(8,9)12-2)25(33)22(17-18-36-10)30-26(34)35-27(5,6)7/h1,13-16,19,22-23H,12,17-18H2,2-10H3,(H,29,32)(H,30,34). The van der Waals surface area contributed by atoms with Gasteiger partial charge in [0.25, 0.3) is 0 Å². The van der Waals surface area contributed by atoms with Crippen LogP contribution >= 0.6 is 11.8 Å². The molecular formula is C28H43N3O4S. The SMILES string of the molecule is C#Cc1ccccc1C(C(=O)NC(C)C)N(C(=O)C(CCSC)NC(=O)OC(C)(C)C)C(C)(C)CC. The second-order valence-corrected chi connectivity index (χ2v) is 11.6. The molecule has 0 fully saturated rings. The Balaban J connectivity index is 3.69. The number of hydrogen-bond donors (Lipinski definition) is 2. The number of ether oxygens (including phenoxy) is 1. The first-order chi connectivity index (χ1) is 16.7. The number of rotatable bonds is 11. The third kappa shape index (κ3) is 9.09. The number of nitrogens with one attached hydrogen (secondary N) is 2. The molecule has 0 bridgehead atoms. The van der Waals surface area contributed by atoms with Gasteiger partial charge in [-0.15, -0.1) is 6.42 Å². The molecule has 0 aliphatic rings. The molecule has 2 unspecified atom stereocenters. The van der Waals surface area contributed by atoms with Gasteiger partial charge in [-0.05, 0) is 84.9 Å². The van der Waals surface area contributed by atoms with Crippen molar-refractivity contribution in [3.05, 3.63) is 35.4 Å². The minimum Gasteiger partial charge on any atom is -0.444 e. The van der Waals surface area contributed by atoms with Crippen LogP contribution in [0.3, 0.4) is 0 Å². The summed E-state index contributed by atoms with van der Waals surface area (Å²) in [6.07, 6.45) is 8.01. The van der Waals surface area contributed by atoms with E-state index in [1.54, 1.807) is 61.7 Å². The molecule has 7 nitrogen and oxygen atoms in total. The Morgan fingerprint density at radius 2 is 1.72 bits per heavy atom. The molecule has 36 heavy (non-hydrogen) atoms. The molecule has 0 radical (unpaired) electrons. The molecule has 2 atom stereocenters. The van der Waals surface area contributed by atoms with Gasteiger partial charge in [0.1, 0.15) is 17.7 Å².